The van der Waals surface area contributed by atoms with Gasteiger partial charge in [0.05, 0.1) is 12.5 Å². The SMILES string of the molecule is CC=CCCCC(CCC)OCC(=O)CCC(=O)O. The molecule has 19 heavy (non-hydrogen) atoms. The topological polar surface area (TPSA) is 63.6 Å². The van der Waals surface area contributed by atoms with Gasteiger partial charge in [-0.15, -0.1) is 0 Å². The van der Waals surface area contributed by atoms with Crippen molar-refractivity contribution in [2.24, 2.45) is 0 Å². The van der Waals surface area contributed by atoms with Gasteiger partial charge in [0.1, 0.15) is 6.61 Å². The Morgan fingerprint density at radius 2 is 2.00 bits per heavy atom. The monoisotopic (exact) mass is 270 g/mol. The van der Waals surface area contributed by atoms with Gasteiger partial charge in [-0.3, -0.25) is 9.59 Å². The van der Waals surface area contributed by atoms with Crippen LogP contribution in [0.25, 0.3) is 0 Å². The third kappa shape index (κ3) is 11.7. The van der Waals surface area contributed by atoms with E-state index >= 15 is 0 Å². The molecule has 0 aromatic carbocycles. The van der Waals surface area contributed by atoms with Gasteiger partial charge in [-0.05, 0) is 32.6 Å². The van der Waals surface area contributed by atoms with Crippen molar-refractivity contribution in [3.8, 4) is 0 Å². The maximum atomic E-state index is 11.4. The second kappa shape index (κ2) is 11.9. The molecule has 1 atom stereocenters. The molecule has 0 spiro atoms. The highest BCUT2D eigenvalue weighted by Gasteiger charge is 2.11. The molecule has 0 aromatic rings. The van der Waals surface area contributed by atoms with E-state index in [0.29, 0.717) is 0 Å². The lowest BCUT2D eigenvalue weighted by Crippen LogP contribution is -2.19. The maximum Gasteiger partial charge on any atom is 0.303 e. The molecule has 4 heteroatoms. The Hall–Kier alpha value is -1.16. The van der Waals surface area contributed by atoms with E-state index in [1.807, 2.05) is 13.0 Å². The van der Waals surface area contributed by atoms with E-state index in [1.165, 1.54) is 0 Å². The van der Waals surface area contributed by atoms with Crippen molar-refractivity contribution in [3.05, 3.63) is 12.2 Å². The quantitative estimate of drug-likeness (QED) is 0.436. The van der Waals surface area contributed by atoms with Gasteiger partial charge in [0.2, 0.25) is 0 Å². The summed E-state index contributed by atoms with van der Waals surface area (Å²) in [5.41, 5.74) is 0. The second-order valence-corrected chi connectivity index (χ2v) is 4.65. The van der Waals surface area contributed by atoms with Gasteiger partial charge in [-0.1, -0.05) is 25.5 Å². The van der Waals surface area contributed by atoms with E-state index < -0.39 is 5.97 Å². The summed E-state index contributed by atoms with van der Waals surface area (Å²) in [5, 5.41) is 8.49. The number of carbonyl (C=O) groups excluding carboxylic acids is 1. The van der Waals surface area contributed by atoms with E-state index in [4.69, 9.17) is 9.84 Å². The molecule has 4 nitrogen and oxygen atoms in total. The van der Waals surface area contributed by atoms with Gasteiger partial charge in [0.25, 0.3) is 0 Å². The van der Waals surface area contributed by atoms with Crippen LogP contribution in [-0.2, 0) is 14.3 Å². The average Bonchev–Trinajstić information content (AvgIpc) is 2.38. The molecule has 0 aromatic heterocycles. The molecule has 0 aliphatic heterocycles. The zero-order valence-corrected chi connectivity index (χ0v) is 12.1. The smallest absolute Gasteiger partial charge is 0.303 e. The minimum absolute atomic E-state index is 0.0432. The first-order chi connectivity index (χ1) is 9.10. The van der Waals surface area contributed by atoms with Crippen LogP contribution in [0.2, 0.25) is 0 Å². The molecular weight excluding hydrogens is 244 g/mol. The third-order valence-corrected chi connectivity index (χ3v) is 2.84. The van der Waals surface area contributed by atoms with Crippen LogP contribution in [0.3, 0.4) is 0 Å². The molecule has 0 amide bonds. The molecule has 110 valence electrons. The molecule has 0 bridgehead atoms. The Morgan fingerprint density at radius 3 is 2.58 bits per heavy atom. The van der Waals surface area contributed by atoms with Gasteiger partial charge in [0, 0.05) is 6.42 Å². The van der Waals surface area contributed by atoms with Crippen molar-refractivity contribution >= 4 is 11.8 Å². The van der Waals surface area contributed by atoms with E-state index in [0.717, 1.165) is 32.1 Å². The number of rotatable bonds is 12. The highest BCUT2D eigenvalue weighted by Crippen LogP contribution is 2.12. The number of ketones is 1. The predicted octanol–water partition coefficient (Wildman–Crippen LogP) is 3.35. The van der Waals surface area contributed by atoms with Crippen molar-refractivity contribution in [2.45, 2.75) is 64.9 Å². The third-order valence-electron chi connectivity index (χ3n) is 2.84. The summed E-state index contributed by atoms with van der Waals surface area (Å²) in [7, 11) is 0. The van der Waals surface area contributed by atoms with Crippen molar-refractivity contribution in [3.63, 3.8) is 0 Å². The summed E-state index contributed by atoms with van der Waals surface area (Å²) >= 11 is 0. The van der Waals surface area contributed by atoms with Crippen molar-refractivity contribution < 1.29 is 19.4 Å². The minimum atomic E-state index is -0.940. The maximum absolute atomic E-state index is 11.4. The summed E-state index contributed by atoms with van der Waals surface area (Å²) in [4.78, 5) is 21.8. The molecule has 1 unspecified atom stereocenters. The lowest BCUT2D eigenvalue weighted by molar-refractivity contribution is -0.139. The van der Waals surface area contributed by atoms with Crippen molar-refractivity contribution in [1.82, 2.24) is 0 Å². The molecule has 0 saturated heterocycles. The second-order valence-electron chi connectivity index (χ2n) is 4.65. The lowest BCUT2D eigenvalue weighted by atomic mass is 10.1. The van der Waals surface area contributed by atoms with Gasteiger partial charge in [-0.25, -0.2) is 0 Å². The normalized spacial score (nSPS) is 12.7. The van der Waals surface area contributed by atoms with E-state index in [-0.39, 0.29) is 31.3 Å². The number of carboxylic acid groups (broad SMARTS) is 1. The van der Waals surface area contributed by atoms with Crippen LogP contribution in [0.5, 0.6) is 0 Å². The largest absolute Gasteiger partial charge is 0.481 e. The van der Waals surface area contributed by atoms with Crippen LogP contribution in [0.1, 0.15) is 58.8 Å². The van der Waals surface area contributed by atoms with Crippen LogP contribution in [-0.4, -0.2) is 29.6 Å². The molecule has 0 fully saturated rings. The summed E-state index contributed by atoms with van der Waals surface area (Å²) in [6, 6.07) is 0. The zero-order valence-electron chi connectivity index (χ0n) is 12.1. The number of Topliss-reactive ketones (excluding diaryl/α,β-unsaturated/α-hetero) is 1. The molecule has 0 heterocycles. The Morgan fingerprint density at radius 1 is 1.26 bits per heavy atom. The van der Waals surface area contributed by atoms with Crippen LogP contribution < -0.4 is 0 Å². The number of ether oxygens (including phenoxy) is 1. The van der Waals surface area contributed by atoms with Crippen LogP contribution in [0.4, 0.5) is 0 Å². The Kier molecular flexibility index (Phi) is 11.2. The summed E-state index contributed by atoms with van der Waals surface area (Å²) < 4.78 is 5.59. The summed E-state index contributed by atoms with van der Waals surface area (Å²) in [6.45, 7) is 4.14. The summed E-state index contributed by atoms with van der Waals surface area (Å²) in [6.07, 6.45) is 9.24. The minimum Gasteiger partial charge on any atom is -0.481 e. The number of allylic oxidation sites excluding steroid dienone is 2. The number of carboxylic acids is 1. The molecule has 0 aliphatic carbocycles. The molecule has 0 radical (unpaired) electrons. The van der Waals surface area contributed by atoms with E-state index in [1.54, 1.807) is 0 Å². The lowest BCUT2D eigenvalue weighted by Gasteiger charge is -2.16. The predicted molar refractivity (Wildman–Crippen MR) is 75.2 cm³/mol. The Balaban J connectivity index is 3.85. The Bertz CT molecular complexity index is 284. The fourth-order valence-corrected chi connectivity index (χ4v) is 1.79. The molecule has 0 saturated carbocycles. The van der Waals surface area contributed by atoms with E-state index in [9.17, 15) is 9.59 Å². The van der Waals surface area contributed by atoms with Gasteiger partial charge in [0.15, 0.2) is 5.78 Å². The fourth-order valence-electron chi connectivity index (χ4n) is 1.79. The van der Waals surface area contributed by atoms with Gasteiger partial charge in [-0.2, -0.15) is 0 Å². The van der Waals surface area contributed by atoms with E-state index in [2.05, 4.69) is 13.0 Å². The number of carbonyl (C=O) groups is 2. The molecule has 0 rings (SSSR count). The number of aliphatic carboxylic acids is 1. The number of hydrogen-bond donors (Lipinski definition) is 1. The van der Waals surface area contributed by atoms with Crippen molar-refractivity contribution in [2.75, 3.05) is 6.61 Å². The van der Waals surface area contributed by atoms with Gasteiger partial charge < -0.3 is 9.84 Å². The molecule has 1 N–H and O–H groups in total. The molecule has 0 aliphatic rings. The zero-order chi connectivity index (χ0) is 14.5. The average molecular weight is 270 g/mol. The first kappa shape index (κ1) is 17.8. The highest BCUT2D eigenvalue weighted by atomic mass is 16.5. The summed E-state index contributed by atoms with van der Waals surface area (Å²) in [5.74, 6) is -1.07. The number of unbranched alkanes of at least 4 members (excludes halogenated alkanes) is 1. The van der Waals surface area contributed by atoms with Crippen LogP contribution in [0.15, 0.2) is 12.2 Å². The number of hydrogen-bond acceptors (Lipinski definition) is 3. The van der Waals surface area contributed by atoms with Crippen LogP contribution in [0, 0.1) is 0 Å². The van der Waals surface area contributed by atoms with Gasteiger partial charge >= 0.3 is 5.97 Å². The standard InChI is InChI=1S/C15H26O4/c1-3-5-6-7-9-14(8-4-2)19-12-13(16)10-11-15(17)18/h3,5,14H,4,6-12H2,1-2H3,(H,17,18). The van der Waals surface area contributed by atoms with Crippen LogP contribution >= 0.6 is 0 Å². The molecular formula is C15H26O4. The first-order valence-electron chi connectivity index (χ1n) is 7.06. The first-order valence-corrected chi connectivity index (χ1v) is 7.06. The Labute approximate surface area is 115 Å². The fraction of sp³-hybridized carbons (Fsp3) is 0.733. The highest BCUT2D eigenvalue weighted by molar-refractivity contribution is 5.83. The van der Waals surface area contributed by atoms with Crippen molar-refractivity contribution in [1.29, 1.82) is 0 Å².